The molecule has 0 fully saturated rings. The fourth-order valence-electron chi connectivity index (χ4n) is 6.81. The number of aromatic nitrogens is 3. The zero-order valence-corrected chi connectivity index (χ0v) is 27.2. The number of benzene rings is 7. The Bertz CT molecular complexity index is 2620. The van der Waals surface area contributed by atoms with E-state index in [2.05, 4.69) is 169 Å². The summed E-state index contributed by atoms with van der Waals surface area (Å²) in [5, 5.41) is 4.76. The van der Waals surface area contributed by atoms with Crippen LogP contribution in [-0.2, 0) is 0 Å². The molecular weight excluding hydrogens is 607 g/mol. The van der Waals surface area contributed by atoms with Gasteiger partial charge in [-0.2, -0.15) is 0 Å². The number of nitrogens with zero attached hydrogens (tertiary/aromatic N) is 3. The molecule has 0 saturated carbocycles. The number of hydrogen-bond donors (Lipinski definition) is 0. The molecule has 9 aromatic rings. The van der Waals surface area contributed by atoms with Gasteiger partial charge in [0.05, 0.1) is 11.4 Å². The molecule has 0 unspecified atom stereocenters. The smallest absolute Gasteiger partial charge is 0.160 e. The monoisotopic (exact) mass is 637 g/mol. The Hall–Kier alpha value is -6.71. The van der Waals surface area contributed by atoms with Crippen molar-refractivity contribution in [3.63, 3.8) is 0 Å². The Kier molecular flexibility index (Phi) is 7.49. The summed E-state index contributed by atoms with van der Waals surface area (Å²) < 4.78 is 0. The molecule has 0 aliphatic rings. The van der Waals surface area contributed by atoms with Gasteiger partial charge in [0.15, 0.2) is 5.82 Å². The third-order valence-electron chi connectivity index (χ3n) is 9.40. The Balaban J connectivity index is 1.15. The molecule has 0 N–H and O–H groups in total. The Labute approximate surface area is 291 Å². The van der Waals surface area contributed by atoms with Crippen LogP contribution in [0.25, 0.3) is 88.8 Å². The summed E-state index contributed by atoms with van der Waals surface area (Å²) in [5.74, 6) is 0.689. The molecule has 0 aliphatic heterocycles. The SMILES string of the molecule is c1ccc(-c2ccc(-c3cc(-c4ccc(-c5cncc6ccccc56)cc4)nc(-c4cccc(-c5cccc6ccccc56)c4)n3)cc2)cc1. The molecule has 9 rings (SSSR count). The van der Waals surface area contributed by atoms with Crippen LogP contribution in [0.4, 0.5) is 0 Å². The lowest BCUT2D eigenvalue weighted by Crippen LogP contribution is -1.96. The van der Waals surface area contributed by atoms with Crippen molar-refractivity contribution in [1.29, 1.82) is 0 Å². The van der Waals surface area contributed by atoms with Crippen molar-refractivity contribution in [2.75, 3.05) is 0 Å². The Morgan fingerprint density at radius 3 is 1.56 bits per heavy atom. The van der Waals surface area contributed by atoms with E-state index in [-0.39, 0.29) is 0 Å². The van der Waals surface area contributed by atoms with Crippen molar-refractivity contribution in [3.8, 4) is 67.3 Å². The molecule has 2 aromatic heterocycles. The highest BCUT2D eigenvalue weighted by atomic mass is 14.9. The van der Waals surface area contributed by atoms with Crippen molar-refractivity contribution in [2.24, 2.45) is 0 Å². The van der Waals surface area contributed by atoms with Crippen molar-refractivity contribution in [3.05, 3.63) is 188 Å². The Morgan fingerprint density at radius 2 is 0.820 bits per heavy atom. The number of hydrogen-bond acceptors (Lipinski definition) is 3. The lowest BCUT2D eigenvalue weighted by molar-refractivity contribution is 1.18. The van der Waals surface area contributed by atoms with E-state index in [4.69, 9.17) is 9.97 Å². The van der Waals surface area contributed by atoms with Crippen LogP contribution in [0.5, 0.6) is 0 Å². The first-order valence-electron chi connectivity index (χ1n) is 16.8. The maximum absolute atomic E-state index is 5.19. The van der Waals surface area contributed by atoms with Crippen LogP contribution in [0, 0.1) is 0 Å². The molecule has 0 radical (unpaired) electrons. The number of pyridine rings is 1. The van der Waals surface area contributed by atoms with E-state index in [0.29, 0.717) is 5.82 Å². The van der Waals surface area contributed by atoms with Crippen LogP contribution >= 0.6 is 0 Å². The molecule has 234 valence electrons. The van der Waals surface area contributed by atoms with Crippen LogP contribution < -0.4 is 0 Å². The fraction of sp³-hybridized carbons (Fsp3) is 0. The standard InChI is InChI=1S/C47H31N3/c1-2-10-32(11-3-1)33-20-24-36(25-21-33)45-29-46(37-26-22-35(23-27-37)44-31-48-30-40-13-5-7-18-43(40)44)50-47(49-45)39-16-8-15-38(28-39)42-19-9-14-34-12-4-6-17-41(34)42/h1-31H. The van der Waals surface area contributed by atoms with Gasteiger partial charge in [-0.25, -0.2) is 9.97 Å². The lowest BCUT2D eigenvalue weighted by Gasteiger charge is -2.12. The van der Waals surface area contributed by atoms with Gasteiger partial charge in [-0.15, -0.1) is 0 Å². The highest BCUT2D eigenvalue weighted by molar-refractivity contribution is 5.97. The van der Waals surface area contributed by atoms with E-state index in [1.807, 2.05) is 24.5 Å². The summed E-state index contributed by atoms with van der Waals surface area (Å²) in [5.41, 5.74) is 11.7. The third kappa shape index (κ3) is 5.61. The molecule has 0 atom stereocenters. The maximum atomic E-state index is 5.19. The van der Waals surface area contributed by atoms with Gasteiger partial charge in [0, 0.05) is 40.0 Å². The average Bonchev–Trinajstić information content (AvgIpc) is 3.21. The van der Waals surface area contributed by atoms with Crippen LogP contribution in [0.15, 0.2) is 188 Å². The van der Waals surface area contributed by atoms with Gasteiger partial charge < -0.3 is 0 Å². The molecule has 0 aliphatic carbocycles. The molecule has 2 heterocycles. The molecule has 0 saturated heterocycles. The second-order valence-corrected chi connectivity index (χ2v) is 12.5. The second-order valence-electron chi connectivity index (χ2n) is 12.5. The molecule has 50 heavy (non-hydrogen) atoms. The van der Waals surface area contributed by atoms with Gasteiger partial charge in [0.25, 0.3) is 0 Å². The minimum absolute atomic E-state index is 0.689. The van der Waals surface area contributed by atoms with E-state index in [9.17, 15) is 0 Å². The van der Waals surface area contributed by atoms with Gasteiger partial charge in [0.1, 0.15) is 0 Å². The first-order valence-corrected chi connectivity index (χ1v) is 16.8. The zero-order chi connectivity index (χ0) is 33.3. The largest absolute Gasteiger partial charge is 0.263 e. The van der Waals surface area contributed by atoms with E-state index >= 15 is 0 Å². The zero-order valence-electron chi connectivity index (χ0n) is 27.2. The summed E-state index contributed by atoms with van der Waals surface area (Å²) in [6.07, 6.45) is 3.86. The summed E-state index contributed by atoms with van der Waals surface area (Å²) in [6.45, 7) is 0. The summed E-state index contributed by atoms with van der Waals surface area (Å²) in [6, 6.07) is 61.8. The van der Waals surface area contributed by atoms with Crippen LogP contribution in [-0.4, -0.2) is 15.0 Å². The van der Waals surface area contributed by atoms with Crippen molar-refractivity contribution in [1.82, 2.24) is 15.0 Å². The molecule has 0 amide bonds. The third-order valence-corrected chi connectivity index (χ3v) is 9.40. The van der Waals surface area contributed by atoms with Crippen LogP contribution in [0.3, 0.4) is 0 Å². The lowest BCUT2D eigenvalue weighted by atomic mass is 9.96. The van der Waals surface area contributed by atoms with Gasteiger partial charge in [-0.3, -0.25) is 4.98 Å². The number of fused-ring (bicyclic) bond motifs is 2. The summed E-state index contributed by atoms with van der Waals surface area (Å²) in [4.78, 5) is 14.9. The predicted octanol–water partition coefficient (Wildman–Crippen LogP) is 12.2. The average molecular weight is 638 g/mol. The molecule has 0 bridgehead atoms. The predicted molar refractivity (Wildman–Crippen MR) is 207 cm³/mol. The fourth-order valence-corrected chi connectivity index (χ4v) is 6.81. The van der Waals surface area contributed by atoms with Gasteiger partial charge in [-0.1, -0.05) is 164 Å². The van der Waals surface area contributed by atoms with E-state index < -0.39 is 0 Å². The Morgan fingerprint density at radius 1 is 0.300 bits per heavy atom. The highest BCUT2D eigenvalue weighted by Gasteiger charge is 2.14. The quantitative estimate of drug-likeness (QED) is 0.182. The number of rotatable bonds is 6. The second kappa shape index (κ2) is 12.7. The van der Waals surface area contributed by atoms with E-state index in [1.54, 1.807) is 0 Å². The maximum Gasteiger partial charge on any atom is 0.160 e. The molecule has 3 nitrogen and oxygen atoms in total. The normalized spacial score (nSPS) is 11.2. The summed E-state index contributed by atoms with van der Waals surface area (Å²) >= 11 is 0. The van der Waals surface area contributed by atoms with Crippen LogP contribution in [0.1, 0.15) is 0 Å². The van der Waals surface area contributed by atoms with Gasteiger partial charge in [0.2, 0.25) is 0 Å². The van der Waals surface area contributed by atoms with Crippen molar-refractivity contribution >= 4 is 21.5 Å². The minimum atomic E-state index is 0.689. The minimum Gasteiger partial charge on any atom is -0.263 e. The molecular formula is C47H31N3. The molecule has 7 aromatic carbocycles. The first kappa shape index (κ1) is 29.4. The van der Waals surface area contributed by atoms with E-state index in [1.165, 1.54) is 32.8 Å². The molecule has 0 spiro atoms. The first-order chi connectivity index (χ1) is 24.8. The van der Waals surface area contributed by atoms with Crippen LogP contribution in [0.2, 0.25) is 0 Å². The van der Waals surface area contributed by atoms with Gasteiger partial charge in [-0.05, 0) is 56.1 Å². The summed E-state index contributed by atoms with van der Waals surface area (Å²) in [7, 11) is 0. The highest BCUT2D eigenvalue weighted by Crippen LogP contribution is 2.34. The van der Waals surface area contributed by atoms with Crippen molar-refractivity contribution < 1.29 is 0 Å². The van der Waals surface area contributed by atoms with Gasteiger partial charge >= 0.3 is 0 Å². The molecule has 3 heteroatoms. The topological polar surface area (TPSA) is 38.7 Å². The van der Waals surface area contributed by atoms with E-state index in [0.717, 1.165) is 50.2 Å². The van der Waals surface area contributed by atoms with Crippen molar-refractivity contribution in [2.45, 2.75) is 0 Å².